The molecule has 128 valence electrons. The lowest BCUT2D eigenvalue weighted by Gasteiger charge is -2.17. The second-order valence-corrected chi connectivity index (χ2v) is 5.15. The van der Waals surface area contributed by atoms with Gasteiger partial charge in [0.15, 0.2) is 0 Å². The average Bonchev–Trinajstić information content (AvgIpc) is 2.57. The maximum absolute atomic E-state index is 12.1. The Labute approximate surface area is 136 Å². The van der Waals surface area contributed by atoms with Crippen LogP contribution in [0, 0.1) is 0 Å². The summed E-state index contributed by atoms with van der Waals surface area (Å²) in [5.74, 6) is -0.533. The zero-order valence-corrected chi connectivity index (χ0v) is 13.5. The van der Waals surface area contributed by atoms with Gasteiger partial charge >= 0.3 is 12.1 Å². The van der Waals surface area contributed by atoms with Gasteiger partial charge in [-0.1, -0.05) is 43.7 Å². The van der Waals surface area contributed by atoms with Crippen molar-refractivity contribution in [2.45, 2.75) is 45.3 Å². The largest absolute Gasteiger partial charge is 0.459 e. The van der Waals surface area contributed by atoms with E-state index in [4.69, 9.17) is 14.6 Å². The van der Waals surface area contributed by atoms with Crippen molar-refractivity contribution in [2.24, 2.45) is 0 Å². The molecule has 0 saturated heterocycles. The fourth-order valence-electron chi connectivity index (χ4n) is 1.87. The Morgan fingerprint density at radius 3 is 2.57 bits per heavy atom. The number of carbonyl (C=O) groups is 2. The van der Waals surface area contributed by atoms with Crippen LogP contribution in [0.3, 0.4) is 0 Å². The van der Waals surface area contributed by atoms with Crippen LogP contribution < -0.4 is 5.32 Å². The van der Waals surface area contributed by atoms with Gasteiger partial charge in [-0.25, -0.2) is 9.59 Å². The SMILES string of the molecule is CCCCOC(=O)NC(CCCO)C(=O)OCc1ccccc1. The number of ether oxygens (including phenoxy) is 2. The Morgan fingerprint density at radius 2 is 1.91 bits per heavy atom. The number of hydrogen-bond donors (Lipinski definition) is 2. The molecule has 1 aromatic rings. The molecule has 0 saturated carbocycles. The summed E-state index contributed by atoms with van der Waals surface area (Å²) >= 11 is 0. The van der Waals surface area contributed by atoms with Gasteiger partial charge in [0.05, 0.1) is 6.61 Å². The number of alkyl carbamates (subject to hydrolysis) is 1. The number of esters is 1. The van der Waals surface area contributed by atoms with E-state index in [2.05, 4.69) is 5.32 Å². The fraction of sp³-hybridized carbons (Fsp3) is 0.529. The Morgan fingerprint density at radius 1 is 1.17 bits per heavy atom. The molecule has 1 aromatic carbocycles. The number of aliphatic hydroxyl groups excluding tert-OH is 1. The minimum absolute atomic E-state index is 0.0605. The van der Waals surface area contributed by atoms with Crippen molar-refractivity contribution in [2.75, 3.05) is 13.2 Å². The smallest absolute Gasteiger partial charge is 0.407 e. The van der Waals surface area contributed by atoms with E-state index < -0.39 is 18.1 Å². The molecule has 1 unspecified atom stereocenters. The van der Waals surface area contributed by atoms with Gasteiger partial charge in [0.25, 0.3) is 0 Å². The van der Waals surface area contributed by atoms with Crippen molar-refractivity contribution in [3.05, 3.63) is 35.9 Å². The molecule has 0 heterocycles. The summed E-state index contributed by atoms with van der Waals surface area (Å²) in [7, 11) is 0. The molecule has 1 rings (SSSR count). The van der Waals surface area contributed by atoms with E-state index >= 15 is 0 Å². The van der Waals surface area contributed by atoms with Gasteiger partial charge in [-0.15, -0.1) is 0 Å². The first kappa shape index (κ1) is 19.0. The van der Waals surface area contributed by atoms with Crippen LogP contribution in [0.1, 0.15) is 38.2 Å². The molecule has 0 radical (unpaired) electrons. The van der Waals surface area contributed by atoms with Crippen LogP contribution in [-0.2, 0) is 20.9 Å². The number of hydrogen-bond acceptors (Lipinski definition) is 5. The molecule has 2 N–H and O–H groups in total. The molecule has 0 bridgehead atoms. The van der Waals surface area contributed by atoms with E-state index in [1.54, 1.807) is 0 Å². The minimum Gasteiger partial charge on any atom is -0.459 e. The highest BCUT2D eigenvalue weighted by Gasteiger charge is 2.22. The van der Waals surface area contributed by atoms with Crippen molar-refractivity contribution in [1.82, 2.24) is 5.32 Å². The Balaban J connectivity index is 2.47. The van der Waals surface area contributed by atoms with Crippen LogP contribution in [0.2, 0.25) is 0 Å². The third-order valence-electron chi connectivity index (χ3n) is 3.18. The van der Waals surface area contributed by atoms with Crippen molar-refractivity contribution in [3.63, 3.8) is 0 Å². The monoisotopic (exact) mass is 323 g/mol. The van der Waals surface area contributed by atoms with Crippen LogP contribution in [0.4, 0.5) is 4.79 Å². The van der Waals surface area contributed by atoms with E-state index in [-0.39, 0.29) is 13.2 Å². The summed E-state index contributed by atoms with van der Waals surface area (Å²) in [6.45, 7) is 2.39. The Bertz CT molecular complexity index is 463. The summed E-state index contributed by atoms with van der Waals surface area (Å²) in [6.07, 6.45) is 1.74. The maximum atomic E-state index is 12.1. The zero-order valence-electron chi connectivity index (χ0n) is 13.5. The predicted molar refractivity (Wildman–Crippen MR) is 85.7 cm³/mol. The van der Waals surface area contributed by atoms with Crippen molar-refractivity contribution in [3.8, 4) is 0 Å². The summed E-state index contributed by atoms with van der Waals surface area (Å²) in [5.41, 5.74) is 0.868. The molecule has 0 aliphatic rings. The van der Waals surface area contributed by atoms with E-state index in [0.29, 0.717) is 19.4 Å². The lowest BCUT2D eigenvalue weighted by molar-refractivity contribution is -0.147. The average molecular weight is 323 g/mol. The first-order chi connectivity index (χ1) is 11.2. The zero-order chi connectivity index (χ0) is 16.9. The topological polar surface area (TPSA) is 84.9 Å². The summed E-state index contributed by atoms with van der Waals surface area (Å²) < 4.78 is 10.2. The Hall–Kier alpha value is -2.08. The van der Waals surface area contributed by atoms with E-state index in [1.165, 1.54) is 0 Å². The second-order valence-electron chi connectivity index (χ2n) is 5.15. The molecule has 0 fully saturated rings. The van der Waals surface area contributed by atoms with Crippen LogP contribution in [-0.4, -0.2) is 36.4 Å². The van der Waals surface area contributed by atoms with Crippen LogP contribution in [0.25, 0.3) is 0 Å². The van der Waals surface area contributed by atoms with Gasteiger partial charge in [-0.05, 0) is 24.8 Å². The van der Waals surface area contributed by atoms with Gasteiger partial charge in [0.1, 0.15) is 12.6 Å². The van der Waals surface area contributed by atoms with Crippen molar-refractivity contribution < 1.29 is 24.2 Å². The van der Waals surface area contributed by atoms with Gasteiger partial charge in [0, 0.05) is 6.61 Å². The summed E-state index contributed by atoms with van der Waals surface area (Å²) in [5, 5.41) is 11.4. The molecular formula is C17H25NO5. The highest BCUT2D eigenvalue weighted by atomic mass is 16.6. The van der Waals surface area contributed by atoms with E-state index in [0.717, 1.165) is 18.4 Å². The number of aliphatic hydroxyl groups is 1. The lowest BCUT2D eigenvalue weighted by Crippen LogP contribution is -2.42. The van der Waals surface area contributed by atoms with Crippen LogP contribution in [0.15, 0.2) is 30.3 Å². The fourth-order valence-corrected chi connectivity index (χ4v) is 1.87. The standard InChI is InChI=1S/C17H25NO5/c1-2-3-12-22-17(21)18-15(10-7-11-19)16(20)23-13-14-8-5-4-6-9-14/h4-6,8-9,15,19H,2-3,7,10-13H2,1H3,(H,18,21). The number of nitrogens with one attached hydrogen (secondary N) is 1. The number of unbranched alkanes of at least 4 members (excludes halogenated alkanes) is 1. The van der Waals surface area contributed by atoms with Gasteiger partial charge < -0.3 is 19.9 Å². The number of rotatable bonds is 10. The number of carbonyl (C=O) groups excluding carboxylic acids is 2. The van der Waals surface area contributed by atoms with Crippen LogP contribution in [0.5, 0.6) is 0 Å². The molecule has 6 nitrogen and oxygen atoms in total. The molecule has 1 atom stereocenters. The van der Waals surface area contributed by atoms with Crippen LogP contribution >= 0.6 is 0 Å². The lowest BCUT2D eigenvalue weighted by atomic mass is 10.1. The normalized spacial score (nSPS) is 11.6. The third-order valence-corrected chi connectivity index (χ3v) is 3.18. The predicted octanol–water partition coefficient (Wildman–Crippen LogP) is 2.40. The van der Waals surface area contributed by atoms with E-state index in [1.807, 2.05) is 37.3 Å². The molecular weight excluding hydrogens is 298 g/mol. The highest BCUT2D eigenvalue weighted by Crippen LogP contribution is 2.05. The van der Waals surface area contributed by atoms with Crippen molar-refractivity contribution >= 4 is 12.1 Å². The first-order valence-corrected chi connectivity index (χ1v) is 7.92. The quantitative estimate of drug-likeness (QED) is 0.510. The minimum atomic E-state index is -0.819. The van der Waals surface area contributed by atoms with Gasteiger partial charge in [0.2, 0.25) is 0 Å². The molecule has 0 aromatic heterocycles. The molecule has 1 amide bonds. The molecule has 0 aliphatic carbocycles. The summed E-state index contributed by atoms with van der Waals surface area (Å²) in [6, 6.07) is 8.47. The van der Waals surface area contributed by atoms with E-state index in [9.17, 15) is 9.59 Å². The summed E-state index contributed by atoms with van der Waals surface area (Å²) in [4.78, 5) is 23.8. The van der Waals surface area contributed by atoms with Crippen molar-refractivity contribution in [1.29, 1.82) is 0 Å². The molecule has 0 spiro atoms. The van der Waals surface area contributed by atoms with Gasteiger partial charge in [-0.3, -0.25) is 0 Å². The van der Waals surface area contributed by atoms with Gasteiger partial charge in [-0.2, -0.15) is 0 Å². The maximum Gasteiger partial charge on any atom is 0.407 e. The second kappa shape index (κ2) is 11.5. The number of benzene rings is 1. The Kier molecular flexibility index (Phi) is 9.47. The number of amides is 1. The highest BCUT2D eigenvalue weighted by molar-refractivity contribution is 5.81. The first-order valence-electron chi connectivity index (χ1n) is 7.92. The third kappa shape index (κ3) is 8.21. The molecule has 23 heavy (non-hydrogen) atoms. The molecule has 6 heteroatoms. The molecule has 0 aliphatic heterocycles.